The second-order valence-electron chi connectivity index (χ2n) is 6.08. The van der Waals surface area contributed by atoms with Crippen LogP contribution in [0.25, 0.3) is 16.7 Å². The summed E-state index contributed by atoms with van der Waals surface area (Å²) in [5.74, 6) is 0. The molecule has 4 aromatic rings. The third-order valence-corrected chi connectivity index (χ3v) is 4.23. The number of rotatable bonds is 6. The van der Waals surface area contributed by atoms with Crippen molar-refractivity contribution in [3.63, 3.8) is 0 Å². The Morgan fingerprint density at radius 1 is 0.885 bits per heavy atom. The lowest BCUT2D eigenvalue weighted by Gasteiger charge is -2.08. The number of fused-ring (bicyclic) bond motifs is 1. The molecule has 0 bridgehead atoms. The Bertz CT molecular complexity index is 1010. The van der Waals surface area contributed by atoms with E-state index in [1.807, 2.05) is 59.2 Å². The van der Waals surface area contributed by atoms with Gasteiger partial charge < -0.3 is 9.84 Å². The van der Waals surface area contributed by atoms with E-state index in [-0.39, 0.29) is 6.61 Å². The van der Waals surface area contributed by atoms with Crippen LogP contribution in [0, 0.1) is 0 Å². The van der Waals surface area contributed by atoms with Crippen LogP contribution in [-0.4, -0.2) is 19.6 Å². The normalized spacial score (nSPS) is 11.1. The van der Waals surface area contributed by atoms with Crippen molar-refractivity contribution in [2.24, 2.45) is 0 Å². The van der Waals surface area contributed by atoms with Crippen LogP contribution in [0.4, 0.5) is 0 Å². The van der Waals surface area contributed by atoms with Gasteiger partial charge in [-0.15, -0.1) is 0 Å². The molecule has 0 unspecified atom stereocenters. The molecule has 0 amide bonds. The maximum Gasteiger partial charge on any atom is 0.100 e. The highest BCUT2D eigenvalue weighted by Gasteiger charge is 2.06. The Hall–Kier alpha value is -3.02. The van der Waals surface area contributed by atoms with Crippen LogP contribution in [0.5, 0.6) is 0 Å². The molecular weight excluding hydrogens is 326 g/mol. The summed E-state index contributed by atoms with van der Waals surface area (Å²) in [6.45, 7) is 1.03. The molecule has 0 aliphatic carbocycles. The first-order valence-electron chi connectivity index (χ1n) is 8.47. The van der Waals surface area contributed by atoms with Crippen LogP contribution < -0.4 is 0 Å². The number of benzene rings is 2. The van der Waals surface area contributed by atoms with Crippen molar-refractivity contribution < 1.29 is 9.84 Å². The Morgan fingerprint density at radius 3 is 2.69 bits per heavy atom. The topological polar surface area (TPSA) is 60.2 Å². The van der Waals surface area contributed by atoms with Crippen molar-refractivity contribution in [1.29, 1.82) is 0 Å². The van der Waals surface area contributed by atoms with E-state index < -0.39 is 0 Å². The van der Waals surface area contributed by atoms with Crippen LogP contribution in [-0.2, 0) is 24.6 Å². The number of nitrogens with zero attached hydrogens (tertiary/aromatic N) is 3. The molecule has 1 N–H and O–H groups in total. The number of aromatic nitrogens is 3. The minimum atomic E-state index is 0.0197. The zero-order valence-corrected chi connectivity index (χ0v) is 14.2. The van der Waals surface area contributed by atoms with Gasteiger partial charge in [0.2, 0.25) is 0 Å². The zero-order chi connectivity index (χ0) is 17.8. The molecule has 5 heteroatoms. The molecular formula is C21H19N3O2. The molecule has 26 heavy (non-hydrogen) atoms. The summed E-state index contributed by atoms with van der Waals surface area (Å²) in [5, 5.41) is 9.27. The van der Waals surface area contributed by atoms with E-state index in [1.165, 1.54) is 0 Å². The van der Waals surface area contributed by atoms with Crippen LogP contribution in [0.3, 0.4) is 0 Å². The quantitative estimate of drug-likeness (QED) is 0.580. The van der Waals surface area contributed by atoms with E-state index in [1.54, 1.807) is 12.5 Å². The Morgan fingerprint density at radius 2 is 1.85 bits per heavy atom. The minimum Gasteiger partial charge on any atom is -0.392 e. The molecule has 2 aromatic carbocycles. The number of hydrogen-bond donors (Lipinski definition) is 1. The number of aliphatic hydroxyl groups excluding tert-OH is 1. The SMILES string of the molecule is OCc1ccc2c(c1)ncn2-c1cccc(COCc2ccccn2)c1. The number of imidazole rings is 1. The van der Waals surface area contributed by atoms with Crippen molar-refractivity contribution in [2.75, 3.05) is 0 Å². The van der Waals surface area contributed by atoms with Crippen LogP contribution in [0.2, 0.25) is 0 Å². The standard InChI is InChI=1S/C21H19N3O2/c25-12-16-7-8-21-20(11-16)23-15-24(21)19-6-3-4-17(10-19)13-26-14-18-5-1-2-9-22-18/h1-11,15,25H,12-14H2. The van der Waals surface area contributed by atoms with Crippen molar-refractivity contribution in [3.8, 4) is 5.69 Å². The molecule has 0 atom stereocenters. The van der Waals surface area contributed by atoms with E-state index in [0.29, 0.717) is 13.2 Å². The van der Waals surface area contributed by atoms with Crippen LogP contribution in [0.15, 0.2) is 73.2 Å². The summed E-state index contributed by atoms with van der Waals surface area (Å²) in [5.41, 5.74) is 5.78. The predicted octanol–water partition coefficient (Wildman–Crippen LogP) is 3.63. The van der Waals surface area contributed by atoms with Gasteiger partial charge in [0.05, 0.1) is 36.5 Å². The van der Waals surface area contributed by atoms with Gasteiger partial charge in [0.25, 0.3) is 0 Å². The van der Waals surface area contributed by atoms with Gasteiger partial charge in [-0.3, -0.25) is 9.55 Å². The lowest BCUT2D eigenvalue weighted by molar-refractivity contribution is 0.104. The van der Waals surface area contributed by atoms with Gasteiger partial charge in [-0.1, -0.05) is 24.3 Å². The van der Waals surface area contributed by atoms with Gasteiger partial charge in [-0.25, -0.2) is 4.98 Å². The Kier molecular flexibility index (Phi) is 4.73. The fraction of sp³-hybridized carbons (Fsp3) is 0.143. The number of aliphatic hydroxyl groups is 1. The van der Waals surface area contributed by atoms with Gasteiger partial charge in [0.15, 0.2) is 0 Å². The minimum absolute atomic E-state index is 0.0197. The summed E-state index contributed by atoms with van der Waals surface area (Å²) in [6, 6.07) is 19.8. The summed E-state index contributed by atoms with van der Waals surface area (Å²) in [4.78, 5) is 8.71. The molecule has 130 valence electrons. The van der Waals surface area contributed by atoms with Crippen LogP contribution >= 0.6 is 0 Å². The molecule has 0 aliphatic heterocycles. The second kappa shape index (κ2) is 7.47. The maximum atomic E-state index is 9.27. The van der Waals surface area contributed by atoms with Crippen molar-refractivity contribution in [2.45, 2.75) is 19.8 Å². The Labute approximate surface area is 151 Å². The fourth-order valence-electron chi connectivity index (χ4n) is 2.92. The molecule has 5 nitrogen and oxygen atoms in total. The number of pyridine rings is 1. The van der Waals surface area contributed by atoms with E-state index in [9.17, 15) is 5.11 Å². The monoisotopic (exact) mass is 345 g/mol. The van der Waals surface area contributed by atoms with E-state index in [4.69, 9.17) is 4.74 Å². The van der Waals surface area contributed by atoms with E-state index in [2.05, 4.69) is 16.0 Å². The van der Waals surface area contributed by atoms with E-state index in [0.717, 1.165) is 33.5 Å². The molecule has 2 aromatic heterocycles. The summed E-state index contributed by atoms with van der Waals surface area (Å²) in [6.07, 6.45) is 3.57. The third kappa shape index (κ3) is 3.49. The molecule has 0 spiro atoms. The first-order chi connectivity index (χ1) is 12.8. The highest BCUT2D eigenvalue weighted by atomic mass is 16.5. The molecule has 4 rings (SSSR count). The van der Waals surface area contributed by atoms with Gasteiger partial charge in [0.1, 0.15) is 6.33 Å². The maximum absolute atomic E-state index is 9.27. The third-order valence-electron chi connectivity index (χ3n) is 4.23. The van der Waals surface area contributed by atoms with Gasteiger partial charge >= 0.3 is 0 Å². The first kappa shape index (κ1) is 16.4. The zero-order valence-electron chi connectivity index (χ0n) is 14.2. The van der Waals surface area contributed by atoms with Gasteiger partial charge in [0, 0.05) is 11.9 Å². The second-order valence-corrected chi connectivity index (χ2v) is 6.08. The van der Waals surface area contributed by atoms with Gasteiger partial charge in [-0.2, -0.15) is 0 Å². The molecule has 0 saturated heterocycles. The number of hydrogen-bond acceptors (Lipinski definition) is 4. The largest absolute Gasteiger partial charge is 0.392 e. The summed E-state index contributed by atoms with van der Waals surface area (Å²) < 4.78 is 7.82. The smallest absolute Gasteiger partial charge is 0.100 e. The lowest BCUT2D eigenvalue weighted by atomic mass is 10.2. The average Bonchev–Trinajstić information content (AvgIpc) is 3.12. The van der Waals surface area contributed by atoms with Crippen molar-refractivity contribution in [3.05, 3.63) is 90.0 Å². The lowest BCUT2D eigenvalue weighted by Crippen LogP contribution is -1.98. The highest BCUT2D eigenvalue weighted by Crippen LogP contribution is 2.20. The Balaban J connectivity index is 1.52. The average molecular weight is 345 g/mol. The summed E-state index contributed by atoms with van der Waals surface area (Å²) in [7, 11) is 0. The molecule has 0 aliphatic rings. The van der Waals surface area contributed by atoms with Crippen LogP contribution in [0.1, 0.15) is 16.8 Å². The predicted molar refractivity (Wildman–Crippen MR) is 99.7 cm³/mol. The van der Waals surface area contributed by atoms with Gasteiger partial charge in [-0.05, 0) is 47.5 Å². The first-order valence-corrected chi connectivity index (χ1v) is 8.47. The number of ether oxygens (including phenoxy) is 1. The molecule has 0 radical (unpaired) electrons. The van der Waals surface area contributed by atoms with Crippen molar-refractivity contribution in [1.82, 2.24) is 14.5 Å². The summed E-state index contributed by atoms with van der Waals surface area (Å²) >= 11 is 0. The fourth-order valence-corrected chi connectivity index (χ4v) is 2.92. The molecule has 2 heterocycles. The van der Waals surface area contributed by atoms with Crippen molar-refractivity contribution >= 4 is 11.0 Å². The highest BCUT2D eigenvalue weighted by molar-refractivity contribution is 5.78. The molecule has 0 fully saturated rings. The van der Waals surface area contributed by atoms with E-state index >= 15 is 0 Å². The molecule has 0 saturated carbocycles.